The van der Waals surface area contributed by atoms with E-state index in [2.05, 4.69) is 5.32 Å². The summed E-state index contributed by atoms with van der Waals surface area (Å²) in [7, 11) is 0.211. The molecule has 31 heavy (non-hydrogen) atoms. The fraction of sp³-hybridized carbons (Fsp3) is 0.208. The molecule has 2 atom stereocenters. The molecule has 1 aliphatic rings. The van der Waals surface area contributed by atoms with Crippen LogP contribution in [0.15, 0.2) is 83.8 Å². The number of methoxy groups -OCH3 is 1. The molecule has 160 valence electrons. The van der Waals surface area contributed by atoms with Crippen molar-refractivity contribution in [2.75, 3.05) is 19.4 Å². The summed E-state index contributed by atoms with van der Waals surface area (Å²) in [6, 6.07) is 25.4. The van der Waals surface area contributed by atoms with E-state index in [9.17, 15) is 9.00 Å². The highest BCUT2D eigenvalue weighted by Crippen LogP contribution is 2.29. The summed E-state index contributed by atoms with van der Waals surface area (Å²) < 4.78 is 20.3. The van der Waals surface area contributed by atoms with Crippen LogP contribution in [0.2, 0.25) is 0 Å². The van der Waals surface area contributed by atoms with Crippen molar-refractivity contribution in [2.24, 2.45) is 0 Å². The number of rotatable bonds is 7. The fourth-order valence-corrected chi connectivity index (χ4v) is 6.21. The molecule has 0 aromatic heterocycles. The maximum absolute atomic E-state index is 13.2. The van der Waals surface area contributed by atoms with E-state index in [0.29, 0.717) is 18.0 Å². The lowest BCUT2D eigenvalue weighted by atomic mass is 10.1. The summed E-state index contributed by atoms with van der Waals surface area (Å²) in [5.74, 6) is 1.36. The molecule has 0 radical (unpaired) electrons. The Morgan fingerprint density at radius 1 is 1.03 bits per heavy atom. The van der Waals surface area contributed by atoms with Gasteiger partial charge in [0.25, 0.3) is 0 Å². The van der Waals surface area contributed by atoms with Crippen molar-refractivity contribution >= 4 is 28.7 Å². The van der Waals surface area contributed by atoms with Crippen LogP contribution in [0.25, 0.3) is 11.1 Å². The number of nitrogens with zero attached hydrogens (tertiary/aromatic N) is 1. The molecule has 1 N–H and O–H groups in total. The van der Waals surface area contributed by atoms with Crippen LogP contribution in [-0.4, -0.2) is 39.2 Å². The van der Waals surface area contributed by atoms with Crippen molar-refractivity contribution in [3.63, 3.8) is 0 Å². The smallest absolute Gasteiger partial charge is 0.248 e. The largest absolute Gasteiger partial charge is 0.496 e. The summed E-state index contributed by atoms with van der Waals surface area (Å²) >= 11 is 1.52. The first-order valence-corrected chi connectivity index (χ1v) is 12.2. The summed E-state index contributed by atoms with van der Waals surface area (Å²) in [4.78, 5) is 13.6. The van der Waals surface area contributed by atoms with Gasteiger partial charge in [-0.25, -0.2) is 4.21 Å². The molecule has 3 aromatic carbocycles. The summed E-state index contributed by atoms with van der Waals surface area (Å²) in [6.45, 7) is 0.969. The predicted octanol–water partition coefficient (Wildman–Crippen LogP) is 4.08. The highest BCUT2D eigenvalue weighted by Gasteiger charge is 2.35. The highest BCUT2D eigenvalue weighted by molar-refractivity contribution is 8.01. The van der Waals surface area contributed by atoms with Gasteiger partial charge in [0, 0.05) is 24.4 Å². The SMILES string of the molecule is COc1ccccc1CNC(=O)C1SCCN1S(=O)c1ccc(-c2ccccc2)cc1. The van der Waals surface area contributed by atoms with Crippen molar-refractivity contribution in [3.05, 3.63) is 84.4 Å². The van der Waals surface area contributed by atoms with Crippen LogP contribution in [0.4, 0.5) is 0 Å². The number of hydrogen-bond acceptors (Lipinski definition) is 4. The average molecular weight is 453 g/mol. The normalized spacial score (nSPS) is 17.3. The van der Waals surface area contributed by atoms with Gasteiger partial charge in [-0.3, -0.25) is 4.79 Å². The molecule has 0 aliphatic carbocycles. The van der Waals surface area contributed by atoms with Crippen LogP contribution in [0.5, 0.6) is 5.75 Å². The Labute approximate surface area is 189 Å². The van der Waals surface area contributed by atoms with E-state index >= 15 is 0 Å². The molecule has 7 heteroatoms. The zero-order valence-corrected chi connectivity index (χ0v) is 18.8. The molecule has 0 bridgehead atoms. The van der Waals surface area contributed by atoms with Gasteiger partial charge < -0.3 is 10.1 Å². The topological polar surface area (TPSA) is 58.6 Å². The van der Waals surface area contributed by atoms with Crippen molar-refractivity contribution in [1.82, 2.24) is 9.62 Å². The molecular formula is C24H24N2O3S2. The number of para-hydroxylation sites is 1. The third-order valence-electron chi connectivity index (χ3n) is 5.09. The number of carbonyl (C=O) groups is 1. The van der Waals surface area contributed by atoms with Crippen LogP contribution >= 0.6 is 11.8 Å². The molecule has 2 unspecified atom stereocenters. The summed E-state index contributed by atoms with van der Waals surface area (Å²) in [5.41, 5.74) is 3.10. The number of carbonyl (C=O) groups excluding carboxylic acids is 1. The predicted molar refractivity (Wildman–Crippen MR) is 126 cm³/mol. The van der Waals surface area contributed by atoms with Gasteiger partial charge in [0.05, 0.1) is 12.0 Å². The number of hydrogen-bond donors (Lipinski definition) is 1. The first-order valence-electron chi connectivity index (χ1n) is 10.0. The number of benzene rings is 3. The summed E-state index contributed by atoms with van der Waals surface area (Å²) in [5, 5.41) is 2.48. The zero-order valence-electron chi connectivity index (χ0n) is 17.2. The van der Waals surface area contributed by atoms with Crippen LogP contribution < -0.4 is 10.1 Å². The lowest BCUT2D eigenvalue weighted by Crippen LogP contribution is -2.42. The second-order valence-corrected chi connectivity index (χ2v) is 9.66. The second kappa shape index (κ2) is 10.1. The van der Waals surface area contributed by atoms with Crippen LogP contribution in [-0.2, 0) is 22.3 Å². The van der Waals surface area contributed by atoms with Crippen LogP contribution in [0.3, 0.4) is 0 Å². The van der Waals surface area contributed by atoms with Gasteiger partial charge in [0.2, 0.25) is 5.91 Å². The number of ether oxygens (including phenoxy) is 1. The Morgan fingerprint density at radius 2 is 1.71 bits per heavy atom. The number of nitrogens with one attached hydrogen (secondary N) is 1. The standard InChI is InChI=1S/C24H24N2O3S2/c1-29-22-10-6-5-9-20(22)17-25-23(27)24-26(15-16-30-24)31(28)21-13-11-19(12-14-21)18-7-3-2-4-8-18/h2-14,24H,15-17H2,1H3,(H,25,27). The first kappa shape index (κ1) is 21.6. The quantitative estimate of drug-likeness (QED) is 0.587. The van der Waals surface area contributed by atoms with Crippen LogP contribution in [0, 0.1) is 0 Å². The molecule has 1 saturated heterocycles. The molecule has 4 rings (SSSR count). The maximum Gasteiger partial charge on any atom is 0.248 e. The Balaban J connectivity index is 1.42. The first-order chi connectivity index (χ1) is 15.2. The van der Waals surface area contributed by atoms with Gasteiger partial charge in [-0.05, 0) is 29.3 Å². The molecule has 1 fully saturated rings. The second-order valence-electron chi connectivity index (χ2n) is 7.03. The van der Waals surface area contributed by atoms with Crippen molar-refractivity contribution < 1.29 is 13.7 Å². The highest BCUT2D eigenvalue weighted by atomic mass is 32.2. The van der Waals surface area contributed by atoms with Crippen molar-refractivity contribution in [3.8, 4) is 16.9 Å². The molecule has 1 aliphatic heterocycles. The lowest BCUT2D eigenvalue weighted by Gasteiger charge is -2.22. The molecule has 1 heterocycles. The van der Waals surface area contributed by atoms with Gasteiger partial charge in [-0.1, -0.05) is 60.7 Å². The van der Waals surface area contributed by atoms with E-state index in [1.807, 2.05) is 78.9 Å². The minimum Gasteiger partial charge on any atom is -0.496 e. The lowest BCUT2D eigenvalue weighted by molar-refractivity contribution is -0.122. The molecule has 0 saturated carbocycles. The average Bonchev–Trinajstić information content (AvgIpc) is 3.33. The molecular weight excluding hydrogens is 428 g/mol. The van der Waals surface area contributed by atoms with E-state index in [1.54, 1.807) is 11.4 Å². The number of thioether (sulfide) groups is 1. The summed E-state index contributed by atoms with van der Waals surface area (Å²) in [6.07, 6.45) is 0. The zero-order chi connectivity index (χ0) is 21.6. The Bertz CT molecular complexity index is 1060. The molecule has 5 nitrogen and oxygen atoms in total. The fourth-order valence-electron chi connectivity index (χ4n) is 3.48. The van der Waals surface area contributed by atoms with E-state index < -0.39 is 16.4 Å². The van der Waals surface area contributed by atoms with E-state index in [-0.39, 0.29) is 5.91 Å². The van der Waals surface area contributed by atoms with Gasteiger partial charge in [-0.2, -0.15) is 4.31 Å². The van der Waals surface area contributed by atoms with Gasteiger partial charge >= 0.3 is 0 Å². The van der Waals surface area contributed by atoms with Gasteiger partial charge in [0.1, 0.15) is 22.1 Å². The third kappa shape index (κ3) is 5.01. The van der Waals surface area contributed by atoms with Gasteiger partial charge in [-0.15, -0.1) is 11.8 Å². The Hall–Kier alpha value is -2.61. The van der Waals surface area contributed by atoms with Crippen LogP contribution in [0.1, 0.15) is 5.56 Å². The van der Waals surface area contributed by atoms with Gasteiger partial charge in [0.15, 0.2) is 0 Å². The minimum atomic E-state index is -1.40. The monoisotopic (exact) mass is 452 g/mol. The van der Waals surface area contributed by atoms with E-state index in [1.165, 1.54) is 11.8 Å². The Kier molecular flexibility index (Phi) is 7.06. The Morgan fingerprint density at radius 3 is 2.45 bits per heavy atom. The molecule has 3 aromatic rings. The van der Waals surface area contributed by atoms with E-state index in [4.69, 9.17) is 4.74 Å². The molecule has 0 spiro atoms. The van der Waals surface area contributed by atoms with Crippen molar-refractivity contribution in [2.45, 2.75) is 16.8 Å². The number of amides is 1. The maximum atomic E-state index is 13.2. The molecule has 1 amide bonds. The third-order valence-corrected chi connectivity index (χ3v) is 7.93. The van der Waals surface area contributed by atoms with E-state index in [0.717, 1.165) is 28.2 Å². The minimum absolute atomic E-state index is 0.136. The van der Waals surface area contributed by atoms with Crippen molar-refractivity contribution in [1.29, 1.82) is 0 Å².